The molecule has 0 radical (unpaired) electrons. The number of carbonyl (C=O) groups excluding carboxylic acids is 1. The first-order valence-corrected chi connectivity index (χ1v) is 4.52. The fourth-order valence-electron chi connectivity index (χ4n) is 1.65. The van der Waals surface area contributed by atoms with Crippen LogP contribution in [0.25, 0.3) is 10.8 Å². The van der Waals surface area contributed by atoms with Crippen molar-refractivity contribution < 1.29 is 14.6 Å². The Labute approximate surface area is 86.9 Å². The van der Waals surface area contributed by atoms with E-state index in [0.717, 1.165) is 5.39 Å². The smallest absolute Gasteiger partial charge is 0.154 e. The van der Waals surface area contributed by atoms with Crippen LogP contribution < -0.4 is 4.74 Å². The molecule has 0 fully saturated rings. The number of aromatic hydroxyl groups is 1. The van der Waals surface area contributed by atoms with E-state index in [1.165, 1.54) is 13.2 Å². The summed E-state index contributed by atoms with van der Waals surface area (Å²) in [5.41, 5.74) is 0.268. The van der Waals surface area contributed by atoms with E-state index in [0.29, 0.717) is 17.4 Å². The maximum absolute atomic E-state index is 10.9. The Balaban J connectivity index is 2.93. The van der Waals surface area contributed by atoms with Crippen LogP contribution in [0.2, 0.25) is 0 Å². The Hall–Kier alpha value is -2.03. The van der Waals surface area contributed by atoms with Gasteiger partial charge < -0.3 is 9.84 Å². The highest BCUT2D eigenvalue weighted by Gasteiger charge is 2.09. The molecule has 2 rings (SSSR count). The molecule has 3 heteroatoms. The minimum atomic E-state index is -0.0259. The standard InChI is InChI=1S/C12H10O3/c1-15-11-4-2-3-8-5-6-10(14)9(7-13)12(8)11/h2-7,14H,1H3. The third-order valence-electron chi connectivity index (χ3n) is 2.36. The number of ether oxygens (including phenoxy) is 1. The summed E-state index contributed by atoms with van der Waals surface area (Å²) in [6.45, 7) is 0. The first-order chi connectivity index (χ1) is 7.27. The molecule has 0 saturated carbocycles. The number of hydrogen-bond acceptors (Lipinski definition) is 3. The molecule has 0 aliphatic carbocycles. The normalized spacial score (nSPS) is 10.2. The van der Waals surface area contributed by atoms with Gasteiger partial charge in [-0.2, -0.15) is 0 Å². The minimum Gasteiger partial charge on any atom is -0.507 e. The fourth-order valence-corrected chi connectivity index (χ4v) is 1.65. The van der Waals surface area contributed by atoms with Crippen molar-refractivity contribution in [2.75, 3.05) is 7.11 Å². The number of hydrogen-bond donors (Lipinski definition) is 1. The Kier molecular flexibility index (Phi) is 2.29. The monoisotopic (exact) mass is 202 g/mol. The van der Waals surface area contributed by atoms with Gasteiger partial charge in [0.1, 0.15) is 11.5 Å². The van der Waals surface area contributed by atoms with E-state index in [9.17, 15) is 9.90 Å². The van der Waals surface area contributed by atoms with Crippen LogP contribution >= 0.6 is 0 Å². The molecule has 2 aromatic carbocycles. The zero-order chi connectivity index (χ0) is 10.8. The third kappa shape index (κ3) is 1.42. The molecule has 0 saturated heterocycles. The molecule has 1 N–H and O–H groups in total. The number of aldehydes is 1. The molecule has 0 bridgehead atoms. The molecular weight excluding hydrogens is 192 g/mol. The average Bonchev–Trinajstić information content (AvgIpc) is 2.28. The van der Waals surface area contributed by atoms with Gasteiger partial charge in [-0.15, -0.1) is 0 Å². The zero-order valence-electron chi connectivity index (χ0n) is 8.23. The summed E-state index contributed by atoms with van der Waals surface area (Å²) in [5, 5.41) is 11.1. The van der Waals surface area contributed by atoms with E-state index >= 15 is 0 Å². The molecule has 0 atom stereocenters. The molecule has 3 nitrogen and oxygen atoms in total. The second-order valence-corrected chi connectivity index (χ2v) is 3.17. The van der Waals surface area contributed by atoms with E-state index in [-0.39, 0.29) is 11.3 Å². The lowest BCUT2D eigenvalue weighted by Gasteiger charge is -2.08. The van der Waals surface area contributed by atoms with Gasteiger partial charge in [0.25, 0.3) is 0 Å². The summed E-state index contributed by atoms with van der Waals surface area (Å²) >= 11 is 0. The van der Waals surface area contributed by atoms with Crippen LogP contribution in [0, 0.1) is 0 Å². The van der Waals surface area contributed by atoms with Gasteiger partial charge >= 0.3 is 0 Å². The van der Waals surface area contributed by atoms with Crippen LogP contribution in [0.1, 0.15) is 10.4 Å². The van der Waals surface area contributed by atoms with Crippen molar-refractivity contribution in [3.8, 4) is 11.5 Å². The maximum Gasteiger partial charge on any atom is 0.154 e. The predicted octanol–water partition coefficient (Wildman–Crippen LogP) is 2.37. The van der Waals surface area contributed by atoms with Crippen molar-refractivity contribution in [1.29, 1.82) is 0 Å². The molecule has 0 unspecified atom stereocenters. The van der Waals surface area contributed by atoms with Crippen molar-refractivity contribution in [3.63, 3.8) is 0 Å². The van der Waals surface area contributed by atoms with Gasteiger partial charge in [-0.25, -0.2) is 0 Å². The molecule has 15 heavy (non-hydrogen) atoms. The molecule has 0 aliphatic rings. The van der Waals surface area contributed by atoms with Crippen LogP contribution in [0.4, 0.5) is 0 Å². The molecule has 0 heterocycles. The molecule has 76 valence electrons. The average molecular weight is 202 g/mol. The SMILES string of the molecule is COc1cccc2ccc(O)c(C=O)c12. The van der Waals surface area contributed by atoms with E-state index in [4.69, 9.17) is 4.74 Å². The molecule has 2 aromatic rings. The summed E-state index contributed by atoms with van der Waals surface area (Å²) in [6, 6.07) is 8.72. The Bertz CT molecular complexity index is 518. The van der Waals surface area contributed by atoms with Gasteiger partial charge in [0, 0.05) is 5.39 Å². The Morgan fingerprint density at radius 2 is 2.07 bits per heavy atom. The predicted molar refractivity (Wildman–Crippen MR) is 57.6 cm³/mol. The number of methoxy groups -OCH3 is 1. The lowest BCUT2D eigenvalue weighted by Crippen LogP contribution is -1.90. The third-order valence-corrected chi connectivity index (χ3v) is 2.36. The highest BCUT2D eigenvalue weighted by molar-refractivity contribution is 6.04. The summed E-state index contributed by atoms with van der Waals surface area (Å²) in [7, 11) is 1.54. The molecule has 0 aliphatic heterocycles. The number of fused-ring (bicyclic) bond motifs is 1. The largest absolute Gasteiger partial charge is 0.507 e. The van der Waals surface area contributed by atoms with Crippen molar-refractivity contribution >= 4 is 17.1 Å². The number of carbonyl (C=O) groups is 1. The van der Waals surface area contributed by atoms with Gasteiger partial charge in [-0.3, -0.25) is 4.79 Å². The molecular formula is C12H10O3. The van der Waals surface area contributed by atoms with Crippen molar-refractivity contribution in [2.24, 2.45) is 0 Å². The van der Waals surface area contributed by atoms with Gasteiger partial charge in [0.05, 0.1) is 12.7 Å². The van der Waals surface area contributed by atoms with Crippen molar-refractivity contribution in [3.05, 3.63) is 35.9 Å². The molecule has 0 aromatic heterocycles. The maximum atomic E-state index is 10.9. The zero-order valence-corrected chi connectivity index (χ0v) is 8.23. The van der Waals surface area contributed by atoms with E-state index in [2.05, 4.69) is 0 Å². The van der Waals surface area contributed by atoms with Crippen LogP contribution in [0.3, 0.4) is 0 Å². The summed E-state index contributed by atoms with van der Waals surface area (Å²) in [4.78, 5) is 10.9. The first-order valence-electron chi connectivity index (χ1n) is 4.52. The van der Waals surface area contributed by atoms with Gasteiger partial charge in [-0.1, -0.05) is 18.2 Å². The topological polar surface area (TPSA) is 46.5 Å². The van der Waals surface area contributed by atoms with Crippen molar-refractivity contribution in [2.45, 2.75) is 0 Å². The number of phenolic OH excluding ortho intramolecular Hbond substituents is 1. The summed E-state index contributed by atoms with van der Waals surface area (Å²) in [5.74, 6) is 0.563. The van der Waals surface area contributed by atoms with Gasteiger partial charge in [-0.05, 0) is 17.5 Å². The summed E-state index contributed by atoms with van der Waals surface area (Å²) in [6.07, 6.45) is 0.639. The lowest BCUT2D eigenvalue weighted by atomic mass is 10.0. The van der Waals surface area contributed by atoms with E-state index < -0.39 is 0 Å². The highest BCUT2D eigenvalue weighted by atomic mass is 16.5. The first kappa shape index (κ1) is 9.52. The molecule has 0 amide bonds. The lowest BCUT2D eigenvalue weighted by molar-refractivity contribution is 0.112. The number of benzene rings is 2. The Morgan fingerprint density at radius 3 is 2.73 bits per heavy atom. The fraction of sp³-hybridized carbons (Fsp3) is 0.0833. The van der Waals surface area contributed by atoms with Crippen LogP contribution in [0.5, 0.6) is 11.5 Å². The summed E-state index contributed by atoms with van der Waals surface area (Å²) < 4.78 is 5.15. The number of rotatable bonds is 2. The van der Waals surface area contributed by atoms with Crippen LogP contribution in [-0.4, -0.2) is 18.5 Å². The highest BCUT2D eigenvalue weighted by Crippen LogP contribution is 2.32. The van der Waals surface area contributed by atoms with Crippen molar-refractivity contribution in [1.82, 2.24) is 0 Å². The van der Waals surface area contributed by atoms with Gasteiger partial charge in [0.2, 0.25) is 0 Å². The minimum absolute atomic E-state index is 0.0259. The quantitative estimate of drug-likeness (QED) is 0.760. The second kappa shape index (κ2) is 3.61. The van der Waals surface area contributed by atoms with E-state index in [1.807, 2.05) is 12.1 Å². The Morgan fingerprint density at radius 1 is 1.27 bits per heavy atom. The molecule has 0 spiro atoms. The second-order valence-electron chi connectivity index (χ2n) is 3.17. The van der Waals surface area contributed by atoms with Crippen LogP contribution in [0.15, 0.2) is 30.3 Å². The van der Waals surface area contributed by atoms with Crippen LogP contribution in [-0.2, 0) is 0 Å². The number of phenols is 1. The van der Waals surface area contributed by atoms with Gasteiger partial charge in [0.15, 0.2) is 6.29 Å². The van der Waals surface area contributed by atoms with E-state index in [1.54, 1.807) is 12.1 Å².